The lowest BCUT2D eigenvalue weighted by atomic mass is 9.96. The number of hydrogen-bond acceptors (Lipinski definition) is 6. The van der Waals surface area contributed by atoms with Gasteiger partial charge in [0.25, 0.3) is 0 Å². The van der Waals surface area contributed by atoms with Crippen LogP contribution in [0.15, 0.2) is 55.8 Å². The molecule has 28 heavy (non-hydrogen) atoms. The van der Waals surface area contributed by atoms with E-state index in [9.17, 15) is 15.0 Å². The van der Waals surface area contributed by atoms with Crippen LogP contribution in [0.5, 0.6) is 5.75 Å². The van der Waals surface area contributed by atoms with Gasteiger partial charge in [-0.15, -0.1) is 0 Å². The van der Waals surface area contributed by atoms with Crippen LogP contribution in [-0.2, 0) is 0 Å². The number of rotatable bonds is 8. The van der Waals surface area contributed by atoms with Crippen molar-refractivity contribution in [2.24, 2.45) is 0 Å². The van der Waals surface area contributed by atoms with E-state index in [2.05, 4.69) is 0 Å². The van der Waals surface area contributed by atoms with Crippen LogP contribution in [0.1, 0.15) is 40.0 Å². The number of ether oxygens (including phenoxy) is 1. The van der Waals surface area contributed by atoms with Gasteiger partial charge in [-0.2, -0.15) is 0 Å². The van der Waals surface area contributed by atoms with Gasteiger partial charge in [0.1, 0.15) is 23.5 Å². The number of furan rings is 1. The first-order valence-corrected chi connectivity index (χ1v) is 9.38. The van der Waals surface area contributed by atoms with Crippen LogP contribution in [0.25, 0.3) is 21.9 Å². The minimum atomic E-state index is -1.08. The molecule has 0 aliphatic rings. The van der Waals surface area contributed by atoms with Gasteiger partial charge in [0.2, 0.25) is 0 Å². The minimum Gasteiger partial charge on any atom is -0.488 e. The molecule has 0 radical (unpaired) electrons. The quantitative estimate of drug-likeness (QED) is 0.446. The standard InChI is InChI=1S/C22H26O6/c1-14(5-4-6-19(23)22(2,3)25)9-11-27-21-15-7-8-20(24)28-18(15)13-17-16(21)10-12-26-17/h7-10,12-13,19,23,25H,4-6,11H2,1-3H3/b14-9+. The molecule has 6 heteroatoms. The molecule has 0 saturated heterocycles. The van der Waals surface area contributed by atoms with Crippen LogP contribution in [0, 0.1) is 0 Å². The zero-order valence-corrected chi connectivity index (χ0v) is 16.4. The summed E-state index contributed by atoms with van der Waals surface area (Å²) in [6.45, 7) is 5.59. The van der Waals surface area contributed by atoms with Gasteiger partial charge in [0.15, 0.2) is 0 Å². The maximum Gasteiger partial charge on any atom is 0.336 e. The van der Waals surface area contributed by atoms with Crippen molar-refractivity contribution in [2.45, 2.75) is 51.7 Å². The largest absolute Gasteiger partial charge is 0.488 e. The highest BCUT2D eigenvalue weighted by Gasteiger charge is 2.23. The summed E-state index contributed by atoms with van der Waals surface area (Å²) in [5.41, 5.74) is 0.649. The Bertz CT molecular complexity index is 1030. The summed E-state index contributed by atoms with van der Waals surface area (Å²) in [5, 5.41) is 21.2. The van der Waals surface area contributed by atoms with E-state index < -0.39 is 17.3 Å². The molecule has 0 aliphatic heterocycles. The Morgan fingerprint density at radius 3 is 2.75 bits per heavy atom. The van der Waals surface area contributed by atoms with E-state index in [1.54, 1.807) is 32.2 Å². The highest BCUT2D eigenvalue weighted by Crippen LogP contribution is 2.35. The molecule has 0 spiro atoms. The molecule has 3 rings (SSSR count). The fraction of sp³-hybridized carbons (Fsp3) is 0.409. The molecule has 3 aromatic rings. The second kappa shape index (κ2) is 8.20. The van der Waals surface area contributed by atoms with Crippen LogP contribution < -0.4 is 10.4 Å². The van der Waals surface area contributed by atoms with E-state index in [-0.39, 0.29) is 0 Å². The molecule has 2 N–H and O–H groups in total. The van der Waals surface area contributed by atoms with Crippen LogP contribution >= 0.6 is 0 Å². The molecule has 0 fully saturated rings. The van der Waals surface area contributed by atoms with Crippen molar-refractivity contribution in [1.29, 1.82) is 0 Å². The molecule has 0 saturated carbocycles. The van der Waals surface area contributed by atoms with Crippen molar-refractivity contribution in [3.63, 3.8) is 0 Å². The van der Waals surface area contributed by atoms with Crippen LogP contribution in [0.3, 0.4) is 0 Å². The van der Waals surface area contributed by atoms with Crippen LogP contribution in [-0.4, -0.2) is 28.5 Å². The Labute approximate surface area is 163 Å². The molecule has 1 aromatic carbocycles. The number of aliphatic hydroxyl groups is 2. The van der Waals surface area contributed by atoms with E-state index in [1.807, 2.05) is 19.1 Å². The van der Waals surface area contributed by atoms with Crippen molar-refractivity contribution >= 4 is 21.9 Å². The molecule has 6 nitrogen and oxygen atoms in total. The summed E-state index contributed by atoms with van der Waals surface area (Å²) >= 11 is 0. The van der Waals surface area contributed by atoms with Gasteiger partial charge in [-0.3, -0.25) is 0 Å². The van der Waals surface area contributed by atoms with Crippen molar-refractivity contribution in [1.82, 2.24) is 0 Å². The van der Waals surface area contributed by atoms with E-state index in [0.29, 0.717) is 35.3 Å². The lowest BCUT2D eigenvalue weighted by Crippen LogP contribution is -2.35. The molecule has 0 amide bonds. The Hall–Kier alpha value is -2.57. The third-order valence-electron chi connectivity index (χ3n) is 4.83. The molecule has 0 aliphatic carbocycles. The zero-order valence-electron chi connectivity index (χ0n) is 16.4. The Morgan fingerprint density at radius 2 is 2.00 bits per heavy atom. The monoisotopic (exact) mass is 386 g/mol. The predicted molar refractivity (Wildman–Crippen MR) is 108 cm³/mol. The van der Waals surface area contributed by atoms with Crippen molar-refractivity contribution in [3.8, 4) is 5.75 Å². The van der Waals surface area contributed by atoms with Crippen molar-refractivity contribution in [2.75, 3.05) is 6.61 Å². The molecule has 150 valence electrons. The van der Waals surface area contributed by atoms with Gasteiger partial charge in [-0.25, -0.2) is 4.79 Å². The molecule has 2 heterocycles. The van der Waals surface area contributed by atoms with Gasteiger partial charge < -0.3 is 23.8 Å². The van der Waals surface area contributed by atoms with Gasteiger partial charge in [0, 0.05) is 12.1 Å². The minimum absolute atomic E-state index is 0.360. The average molecular weight is 386 g/mol. The van der Waals surface area contributed by atoms with Gasteiger partial charge >= 0.3 is 5.63 Å². The summed E-state index contributed by atoms with van der Waals surface area (Å²) in [5.74, 6) is 0.617. The van der Waals surface area contributed by atoms with E-state index in [1.165, 1.54) is 6.07 Å². The summed E-state index contributed by atoms with van der Waals surface area (Å²) < 4.78 is 16.7. The lowest BCUT2D eigenvalue weighted by Gasteiger charge is -2.24. The SMILES string of the molecule is C/C(=C\COc1c2ccoc2cc2oc(=O)ccc12)CCCC(O)C(C)(C)O. The topological polar surface area (TPSA) is 93.0 Å². The molecule has 1 unspecified atom stereocenters. The first-order valence-electron chi connectivity index (χ1n) is 9.38. The predicted octanol–water partition coefficient (Wildman–Crippen LogP) is 4.17. The van der Waals surface area contributed by atoms with Gasteiger partial charge in [0.05, 0.1) is 28.7 Å². The second-order valence-electron chi connectivity index (χ2n) is 7.63. The third kappa shape index (κ3) is 4.64. The first-order chi connectivity index (χ1) is 13.3. The molecule has 0 bridgehead atoms. The highest BCUT2D eigenvalue weighted by atomic mass is 16.5. The van der Waals surface area contributed by atoms with E-state index in [4.69, 9.17) is 13.6 Å². The molecular weight excluding hydrogens is 360 g/mol. The van der Waals surface area contributed by atoms with Crippen molar-refractivity contribution in [3.05, 3.63) is 52.6 Å². The van der Waals surface area contributed by atoms with Crippen molar-refractivity contribution < 1.29 is 23.8 Å². The van der Waals surface area contributed by atoms with Crippen LogP contribution in [0.4, 0.5) is 0 Å². The van der Waals surface area contributed by atoms with Gasteiger partial charge in [-0.05, 0) is 58.2 Å². The number of aliphatic hydroxyl groups excluding tert-OH is 1. The summed E-state index contributed by atoms with van der Waals surface area (Å²) in [6.07, 6.45) is 4.94. The maximum absolute atomic E-state index is 11.5. The Kier molecular flexibility index (Phi) is 5.91. The number of hydrogen-bond donors (Lipinski definition) is 2. The average Bonchev–Trinajstić information content (AvgIpc) is 3.08. The third-order valence-corrected chi connectivity index (χ3v) is 4.83. The van der Waals surface area contributed by atoms with Crippen LogP contribution in [0.2, 0.25) is 0 Å². The molecular formula is C22H26O6. The summed E-state index contributed by atoms with van der Waals surface area (Å²) in [6, 6.07) is 6.57. The lowest BCUT2D eigenvalue weighted by molar-refractivity contribution is -0.0519. The first kappa shape index (κ1) is 20.2. The molecule has 1 atom stereocenters. The number of benzene rings is 1. The zero-order chi connectivity index (χ0) is 20.3. The summed E-state index contributed by atoms with van der Waals surface area (Å²) in [7, 11) is 0. The maximum atomic E-state index is 11.5. The number of allylic oxidation sites excluding steroid dienone is 1. The number of fused-ring (bicyclic) bond motifs is 2. The second-order valence-corrected chi connectivity index (χ2v) is 7.63. The Morgan fingerprint density at radius 1 is 1.25 bits per heavy atom. The fourth-order valence-electron chi connectivity index (χ4n) is 3.06. The smallest absolute Gasteiger partial charge is 0.336 e. The van der Waals surface area contributed by atoms with E-state index >= 15 is 0 Å². The normalized spacial score (nSPS) is 14.0. The Balaban J connectivity index is 1.68. The molecule has 2 aromatic heterocycles. The summed E-state index contributed by atoms with van der Waals surface area (Å²) in [4.78, 5) is 11.5. The highest BCUT2D eigenvalue weighted by molar-refractivity contribution is 6.01. The van der Waals surface area contributed by atoms with Gasteiger partial charge in [-0.1, -0.05) is 5.57 Å². The van der Waals surface area contributed by atoms with E-state index in [0.717, 1.165) is 23.8 Å². The fourth-order valence-corrected chi connectivity index (χ4v) is 3.06.